The van der Waals surface area contributed by atoms with Gasteiger partial charge >= 0.3 is 0 Å². The minimum absolute atomic E-state index is 0.0246. The second-order valence-corrected chi connectivity index (χ2v) is 7.01. The molecule has 1 aliphatic rings. The number of nitrogens with two attached hydrogens (primary N) is 1. The van der Waals surface area contributed by atoms with Crippen LogP contribution >= 0.6 is 23.2 Å². The Balaban J connectivity index is 2.28. The molecule has 1 aliphatic heterocycles. The van der Waals surface area contributed by atoms with Gasteiger partial charge in [-0.2, -0.15) is 0 Å². The van der Waals surface area contributed by atoms with Crippen LogP contribution in [0.25, 0.3) is 0 Å². The zero-order valence-electron chi connectivity index (χ0n) is 10.9. The lowest BCUT2D eigenvalue weighted by atomic mass is 10.1. The van der Waals surface area contributed by atoms with Crippen molar-refractivity contribution in [3.8, 4) is 0 Å². The number of halogens is 2. The highest BCUT2D eigenvalue weighted by atomic mass is 35.5. The number of sulfonamides is 1. The van der Waals surface area contributed by atoms with Crippen molar-refractivity contribution in [3.05, 3.63) is 27.7 Å². The minimum Gasteiger partial charge on any atom is -0.381 e. The third kappa shape index (κ3) is 4.08. The first-order valence-corrected chi connectivity index (χ1v) is 8.49. The van der Waals surface area contributed by atoms with Crippen LogP contribution in [0.15, 0.2) is 17.0 Å². The molecule has 1 aromatic rings. The molecule has 0 aliphatic carbocycles. The van der Waals surface area contributed by atoms with E-state index >= 15 is 0 Å². The van der Waals surface area contributed by atoms with Crippen molar-refractivity contribution in [2.75, 3.05) is 13.2 Å². The Morgan fingerprint density at radius 3 is 2.43 bits per heavy atom. The minimum atomic E-state index is -4.03. The average Bonchev–Trinajstić information content (AvgIpc) is 2.38. The fourth-order valence-electron chi connectivity index (χ4n) is 2.03. The van der Waals surface area contributed by atoms with E-state index in [0.717, 1.165) is 6.07 Å². The van der Waals surface area contributed by atoms with Gasteiger partial charge in [0.25, 0.3) is 5.91 Å². The molecule has 0 spiro atoms. The molecule has 2 rings (SSSR count). The molecule has 6 nitrogen and oxygen atoms in total. The number of hydrogen-bond donors (Lipinski definition) is 2. The van der Waals surface area contributed by atoms with Gasteiger partial charge in [0, 0.05) is 19.3 Å². The summed E-state index contributed by atoms with van der Waals surface area (Å²) in [5.41, 5.74) is 0.0246. The summed E-state index contributed by atoms with van der Waals surface area (Å²) in [5.74, 6) is -0.464. The van der Waals surface area contributed by atoms with Gasteiger partial charge in [-0.3, -0.25) is 4.79 Å². The summed E-state index contributed by atoms with van der Waals surface area (Å²) < 4.78 is 28.1. The maximum absolute atomic E-state index is 12.2. The Bertz CT molecular complexity index is 657. The first-order chi connectivity index (χ1) is 9.79. The van der Waals surface area contributed by atoms with E-state index in [9.17, 15) is 13.2 Å². The van der Waals surface area contributed by atoms with Gasteiger partial charge in [0.15, 0.2) is 0 Å². The Morgan fingerprint density at radius 2 is 1.86 bits per heavy atom. The summed E-state index contributed by atoms with van der Waals surface area (Å²) in [4.78, 5) is 11.9. The van der Waals surface area contributed by atoms with Gasteiger partial charge in [-0.25, -0.2) is 13.6 Å². The molecule has 0 atom stereocenters. The summed E-state index contributed by atoms with van der Waals surface area (Å²) in [6.07, 6.45) is 1.39. The maximum atomic E-state index is 12.2. The SMILES string of the molecule is NS(=O)(=O)c1cc(C(=O)NC2CCOCC2)c(Cl)cc1Cl. The molecule has 0 unspecified atom stereocenters. The molecule has 0 aromatic heterocycles. The van der Waals surface area contributed by atoms with Crippen LogP contribution < -0.4 is 10.5 Å². The molecule has 1 heterocycles. The highest BCUT2D eigenvalue weighted by Crippen LogP contribution is 2.28. The maximum Gasteiger partial charge on any atom is 0.253 e. The lowest BCUT2D eigenvalue weighted by Gasteiger charge is -2.23. The van der Waals surface area contributed by atoms with Crippen LogP contribution in [0.1, 0.15) is 23.2 Å². The van der Waals surface area contributed by atoms with Crippen LogP contribution in [0, 0.1) is 0 Å². The summed E-state index contributed by atoms with van der Waals surface area (Å²) in [6.45, 7) is 1.14. The lowest BCUT2D eigenvalue weighted by Crippen LogP contribution is -2.39. The zero-order chi connectivity index (χ0) is 15.6. The first-order valence-electron chi connectivity index (χ1n) is 6.19. The molecule has 1 amide bonds. The van der Waals surface area contributed by atoms with Crippen LogP contribution in [0.4, 0.5) is 0 Å². The third-order valence-corrected chi connectivity index (χ3v) is 4.82. The topological polar surface area (TPSA) is 98.5 Å². The molecule has 1 fully saturated rings. The van der Waals surface area contributed by atoms with Crippen LogP contribution in [-0.4, -0.2) is 33.6 Å². The van der Waals surface area contributed by atoms with E-state index in [1.807, 2.05) is 0 Å². The number of primary sulfonamides is 1. The van der Waals surface area contributed by atoms with Crippen molar-refractivity contribution in [3.63, 3.8) is 0 Å². The predicted molar refractivity (Wildman–Crippen MR) is 79.1 cm³/mol. The number of amides is 1. The standard InChI is InChI=1S/C12H14Cl2N2O4S/c13-9-6-10(14)11(21(15,18)19)5-8(9)12(17)16-7-1-3-20-4-2-7/h5-7H,1-4H2,(H,16,17)(H2,15,18,19). The molecule has 9 heteroatoms. The van der Waals surface area contributed by atoms with Gasteiger partial charge in [0.05, 0.1) is 15.6 Å². The van der Waals surface area contributed by atoms with Gasteiger partial charge in [-0.15, -0.1) is 0 Å². The molecular formula is C12H14Cl2N2O4S. The number of hydrogen-bond acceptors (Lipinski definition) is 4. The lowest BCUT2D eigenvalue weighted by molar-refractivity contribution is 0.0696. The van der Waals surface area contributed by atoms with Crippen molar-refractivity contribution < 1.29 is 17.9 Å². The van der Waals surface area contributed by atoms with Gasteiger partial charge in [0.1, 0.15) is 4.90 Å². The average molecular weight is 353 g/mol. The predicted octanol–water partition coefficient (Wildman–Crippen LogP) is 1.55. The van der Waals surface area contributed by atoms with Gasteiger partial charge in [-0.1, -0.05) is 23.2 Å². The monoisotopic (exact) mass is 352 g/mol. The first kappa shape index (κ1) is 16.5. The second-order valence-electron chi connectivity index (χ2n) is 4.67. The third-order valence-electron chi connectivity index (χ3n) is 3.13. The van der Waals surface area contributed by atoms with E-state index in [4.69, 9.17) is 33.1 Å². The molecule has 0 saturated carbocycles. The highest BCUT2D eigenvalue weighted by Gasteiger charge is 2.22. The Kier molecular flexibility index (Phi) is 5.11. The molecule has 1 saturated heterocycles. The van der Waals surface area contributed by atoms with Crippen molar-refractivity contribution in [1.29, 1.82) is 0 Å². The largest absolute Gasteiger partial charge is 0.381 e. The number of carbonyl (C=O) groups is 1. The molecule has 0 radical (unpaired) electrons. The molecule has 3 N–H and O–H groups in total. The van der Waals surface area contributed by atoms with E-state index in [1.54, 1.807) is 0 Å². The Labute approximate surface area is 132 Å². The number of ether oxygens (including phenoxy) is 1. The van der Waals surface area contributed by atoms with E-state index in [1.165, 1.54) is 6.07 Å². The summed E-state index contributed by atoms with van der Waals surface area (Å²) >= 11 is 11.7. The van der Waals surface area contributed by atoms with Crippen molar-refractivity contribution in [2.45, 2.75) is 23.8 Å². The fraction of sp³-hybridized carbons (Fsp3) is 0.417. The quantitative estimate of drug-likeness (QED) is 0.861. The van der Waals surface area contributed by atoms with E-state index in [-0.39, 0.29) is 26.5 Å². The van der Waals surface area contributed by atoms with Crippen molar-refractivity contribution in [2.24, 2.45) is 5.14 Å². The normalized spacial score (nSPS) is 16.7. The molecule has 116 valence electrons. The highest BCUT2D eigenvalue weighted by molar-refractivity contribution is 7.89. The van der Waals surface area contributed by atoms with Crippen LogP contribution in [0.3, 0.4) is 0 Å². The van der Waals surface area contributed by atoms with Crippen LogP contribution in [-0.2, 0) is 14.8 Å². The molecular weight excluding hydrogens is 339 g/mol. The van der Waals surface area contributed by atoms with Gasteiger partial charge in [-0.05, 0) is 25.0 Å². The Hall–Kier alpha value is -0.860. The summed E-state index contributed by atoms with van der Waals surface area (Å²) in [7, 11) is -4.03. The van der Waals surface area contributed by atoms with E-state index in [0.29, 0.717) is 26.1 Å². The number of benzene rings is 1. The van der Waals surface area contributed by atoms with Gasteiger partial charge < -0.3 is 10.1 Å². The van der Waals surface area contributed by atoms with Crippen LogP contribution in [0.2, 0.25) is 10.0 Å². The molecule has 0 bridgehead atoms. The Morgan fingerprint density at radius 1 is 1.24 bits per heavy atom. The molecule has 21 heavy (non-hydrogen) atoms. The van der Waals surface area contributed by atoms with Crippen molar-refractivity contribution in [1.82, 2.24) is 5.32 Å². The summed E-state index contributed by atoms with van der Waals surface area (Å²) in [5, 5.41) is 7.80. The second kappa shape index (κ2) is 6.50. The zero-order valence-corrected chi connectivity index (χ0v) is 13.3. The summed E-state index contributed by atoms with van der Waals surface area (Å²) in [6, 6.07) is 2.26. The fourth-order valence-corrected chi connectivity index (χ4v) is 3.43. The smallest absolute Gasteiger partial charge is 0.253 e. The van der Waals surface area contributed by atoms with E-state index < -0.39 is 15.9 Å². The number of rotatable bonds is 3. The number of nitrogens with one attached hydrogen (secondary N) is 1. The number of carbonyl (C=O) groups excluding carboxylic acids is 1. The van der Waals surface area contributed by atoms with E-state index in [2.05, 4.69) is 5.32 Å². The van der Waals surface area contributed by atoms with Gasteiger partial charge in [0.2, 0.25) is 10.0 Å². The molecule has 1 aromatic carbocycles. The van der Waals surface area contributed by atoms with Crippen molar-refractivity contribution >= 4 is 39.1 Å². The van der Waals surface area contributed by atoms with Crippen LogP contribution in [0.5, 0.6) is 0 Å².